The zero-order chi connectivity index (χ0) is 13.2. The Morgan fingerprint density at radius 2 is 1.25 bits per heavy atom. The van der Waals surface area contributed by atoms with Crippen LogP contribution in [0.2, 0.25) is 0 Å². The topological polar surface area (TPSA) is 7.68 Å². The fourth-order valence-electron chi connectivity index (χ4n) is 2.95. The summed E-state index contributed by atoms with van der Waals surface area (Å²) in [5.74, 6) is 0. The zero-order valence-electron chi connectivity index (χ0n) is 12.1. The summed E-state index contributed by atoms with van der Waals surface area (Å²) in [6.45, 7) is 7.71. The molecule has 0 radical (unpaired) electrons. The van der Waals surface area contributed by atoms with Gasteiger partial charge in [-0.1, -0.05) is 38.1 Å². The fraction of sp³-hybridized carbons (Fsp3) is 0.294. The molecule has 0 aromatic heterocycles. The Hall–Kier alpha value is -1.35. The quantitative estimate of drug-likeness (QED) is 0.820. The highest BCUT2D eigenvalue weighted by Crippen LogP contribution is 2.36. The molecule has 0 saturated carbocycles. The molecular formula is C17H21ClN2. The minimum atomic E-state index is 0. The third-order valence-corrected chi connectivity index (χ3v) is 4.07. The van der Waals surface area contributed by atoms with Gasteiger partial charge in [-0.25, -0.2) is 0 Å². The molecule has 0 unspecified atom stereocenters. The van der Waals surface area contributed by atoms with E-state index in [0.29, 0.717) is 0 Å². The van der Waals surface area contributed by atoms with E-state index in [1.165, 1.54) is 27.4 Å². The number of hydrogen-bond acceptors (Lipinski definition) is 1. The predicted octanol–water partition coefficient (Wildman–Crippen LogP) is -0.182. The van der Waals surface area contributed by atoms with Crippen LogP contribution in [0, 0.1) is 0 Å². The van der Waals surface area contributed by atoms with Crippen LogP contribution in [-0.4, -0.2) is 24.7 Å². The molecule has 2 aromatic rings. The number of benzene rings is 2. The van der Waals surface area contributed by atoms with Crippen molar-refractivity contribution < 1.29 is 17.3 Å². The number of rotatable bonds is 4. The highest BCUT2D eigenvalue weighted by atomic mass is 35.5. The Morgan fingerprint density at radius 1 is 0.800 bits per heavy atom. The molecule has 0 bridgehead atoms. The van der Waals surface area contributed by atoms with E-state index in [0.717, 1.165) is 19.8 Å². The van der Waals surface area contributed by atoms with E-state index in [9.17, 15) is 0 Å². The van der Waals surface area contributed by atoms with Gasteiger partial charge in [-0.3, -0.25) is 9.80 Å². The molecule has 0 atom stereocenters. The van der Waals surface area contributed by atoms with E-state index in [4.69, 9.17) is 0 Å². The molecule has 0 spiro atoms. The Labute approximate surface area is 127 Å². The molecule has 20 heavy (non-hydrogen) atoms. The van der Waals surface area contributed by atoms with Crippen LogP contribution in [-0.2, 0) is 0 Å². The van der Waals surface area contributed by atoms with Crippen LogP contribution in [0.5, 0.6) is 0 Å². The van der Waals surface area contributed by atoms with Crippen molar-refractivity contribution in [2.24, 2.45) is 0 Å². The minimum Gasteiger partial charge on any atom is -1.00 e. The van der Waals surface area contributed by atoms with Crippen molar-refractivity contribution in [3.63, 3.8) is 0 Å². The van der Waals surface area contributed by atoms with Gasteiger partial charge in [0.15, 0.2) is 0 Å². The van der Waals surface area contributed by atoms with Crippen LogP contribution < -0.4 is 17.3 Å². The first-order valence-corrected chi connectivity index (χ1v) is 7.12. The Morgan fingerprint density at radius 3 is 1.70 bits per heavy atom. The van der Waals surface area contributed by atoms with Crippen LogP contribution in [0.15, 0.2) is 48.5 Å². The first kappa shape index (κ1) is 15.0. The molecule has 0 amide bonds. The van der Waals surface area contributed by atoms with Crippen LogP contribution >= 0.6 is 0 Å². The molecule has 1 N–H and O–H groups in total. The lowest BCUT2D eigenvalue weighted by Crippen LogP contribution is -3.03. The van der Waals surface area contributed by atoms with Crippen LogP contribution in [0.1, 0.15) is 13.8 Å². The Kier molecular flexibility index (Phi) is 4.81. The number of fused-ring (bicyclic) bond motifs is 3. The molecule has 1 aliphatic rings. The number of halogens is 1. The largest absolute Gasteiger partial charge is 1.00 e. The average Bonchev–Trinajstić information content (AvgIpc) is 2.79. The molecule has 106 valence electrons. The molecule has 2 aromatic carbocycles. The van der Waals surface area contributed by atoms with E-state index in [1.807, 2.05) is 0 Å². The van der Waals surface area contributed by atoms with E-state index < -0.39 is 0 Å². The summed E-state index contributed by atoms with van der Waals surface area (Å²) >= 11 is 0. The summed E-state index contributed by atoms with van der Waals surface area (Å²) in [5.41, 5.74) is 5.60. The molecule has 3 heteroatoms. The number of para-hydroxylation sites is 2. The standard InChI is InChI=1S/C17H20N2.ClH/c1-3-18(4-2)13-19-16-11-7-5-9-14(16)15-10-6-8-12-17(15)19;/h5-12H,3-4,13H2,1-2H3;1H. The summed E-state index contributed by atoms with van der Waals surface area (Å²) in [4.78, 5) is 3.96. The Bertz CT molecular complexity index is 533. The third kappa shape index (κ3) is 2.47. The summed E-state index contributed by atoms with van der Waals surface area (Å²) in [6, 6.07) is 17.6. The van der Waals surface area contributed by atoms with E-state index in [2.05, 4.69) is 67.3 Å². The SMILES string of the molecule is CCN(CC)C[NH+]1c2ccccc2-c2ccccc21.[Cl-]. The summed E-state index contributed by atoms with van der Waals surface area (Å²) in [7, 11) is 0. The number of quaternary nitrogens is 1. The Balaban J connectivity index is 0.00000147. The summed E-state index contributed by atoms with van der Waals surface area (Å²) in [6.07, 6.45) is 0. The van der Waals surface area contributed by atoms with Gasteiger partial charge >= 0.3 is 0 Å². The van der Waals surface area contributed by atoms with Gasteiger partial charge in [0.2, 0.25) is 0 Å². The van der Waals surface area contributed by atoms with Gasteiger partial charge in [0.25, 0.3) is 0 Å². The van der Waals surface area contributed by atoms with Crippen LogP contribution in [0.3, 0.4) is 0 Å². The van der Waals surface area contributed by atoms with Crippen LogP contribution in [0.4, 0.5) is 11.4 Å². The lowest BCUT2D eigenvalue weighted by molar-refractivity contribution is -0.770. The molecular weight excluding hydrogens is 268 g/mol. The second kappa shape index (κ2) is 6.40. The molecule has 0 aliphatic carbocycles. The lowest BCUT2D eigenvalue weighted by atomic mass is 10.1. The van der Waals surface area contributed by atoms with Crippen molar-refractivity contribution in [1.82, 2.24) is 4.90 Å². The maximum Gasteiger partial charge on any atom is 0.145 e. The van der Waals surface area contributed by atoms with Gasteiger partial charge in [-0.2, -0.15) is 0 Å². The van der Waals surface area contributed by atoms with Crippen LogP contribution in [0.25, 0.3) is 11.1 Å². The summed E-state index contributed by atoms with van der Waals surface area (Å²) < 4.78 is 0. The van der Waals surface area contributed by atoms with Gasteiger partial charge in [0.05, 0.1) is 0 Å². The summed E-state index contributed by atoms with van der Waals surface area (Å²) in [5, 5.41) is 0. The van der Waals surface area contributed by atoms with Crippen molar-refractivity contribution in [1.29, 1.82) is 0 Å². The fourth-order valence-corrected chi connectivity index (χ4v) is 2.95. The number of hydrogen-bond donors (Lipinski definition) is 1. The highest BCUT2D eigenvalue weighted by Gasteiger charge is 2.31. The third-order valence-electron chi connectivity index (χ3n) is 4.07. The smallest absolute Gasteiger partial charge is 0.145 e. The van der Waals surface area contributed by atoms with Gasteiger partial charge in [0.1, 0.15) is 18.0 Å². The number of nitrogens with one attached hydrogen (secondary N) is 1. The van der Waals surface area contributed by atoms with Gasteiger partial charge in [-0.05, 0) is 12.1 Å². The first-order chi connectivity index (χ1) is 9.35. The molecule has 1 heterocycles. The van der Waals surface area contributed by atoms with E-state index in [-0.39, 0.29) is 12.4 Å². The highest BCUT2D eigenvalue weighted by molar-refractivity contribution is 5.84. The molecule has 0 fully saturated rings. The van der Waals surface area contributed by atoms with E-state index in [1.54, 1.807) is 0 Å². The second-order valence-corrected chi connectivity index (χ2v) is 5.03. The number of nitrogens with zero attached hydrogens (tertiary/aromatic N) is 1. The van der Waals surface area contributed by atoms with Crippen molar-refractivity contribution in [2.45, 2.75) is 13.8 Å². The zero-order valence-corrected chi connectivity index (χ0v) is 12.8. The lowest BCUT2D eigenvalue weighted by Gasteiger charge is -2.23. The normalized spacial score (nSPS) is 12.9. The van der Waals surface area contributed by atoms with Gasteiger partial charge < -0.3 is 12.4 Å². The molecule has 1 aliphatic heterocycles. The van der Waals surface area contributed by atoms with Crippen molar-refractivity contribution >= 4 is 11.4 Å². The van der Waals surface area contributed by atoms with Gasteiger partial charge in [-0.15, -0.1) is 0 Å². The van der Waals surface area contributed by atoms with E-state index >= 15 is 0 Å². The van der Waals surface area contributed by atoms with Crippen molar-refractivity contribution in [2.75, 3.05) is 19.8 Å². The molecule has 2 nitrogen and oxygen atoms in total. The maximum atomic E-state index is 2.48. The minimum absolute atomic E-state index is 0. The monoisotopic (exact) mass is 288 g/mol. The van der Waals surface area contributed by atoms with Gasteiger partial charge in [0, 0.05) is 36.3 Å². The first-order valence-electron chi connectivity index (χ1n) is 7.12. The second-order valence-electron chi connectivity index (χ2n) is 5.03. The predicted molar refractivity (Wildman–Crippen MR) is 79.9 cm³/mol. The van der Waals surface area contributed by atoms with Crippen molar-refractivity contribution in [3.8, 4) is 11.1 Å². The molecule has 3 rings (SSSR count). The molecule has 0 saturated heterocycles. The van der Waals surface area contributed by atoms with Crippen molar-refractivity contribution in [3.05, 3.63) is 48.5 Å². The average molecular weight is 289 g/mol. The maximum absolute atomic E-state index is 2.48.